The van der Waals surface area contributed by atoms with Gasteiger partial charge in [0.05, 0.1) is 0 Å². The van der Waals surface area contributed by atoms with Gasteiger partial charge in [-0.25, -0.2) is 0 Å². The van der Waals surface area contributed by atoms with Crippen LogP contribution in [0.25, 0.3) is 0 Å². The topological polar surface area (TPSA) is 20.3 Å². The summed E-state index contributed by atoms with van der Waals surface area (Å²) >= 11 is 0. The Hall–Kier alpha value is -1.15. The molecular formula is C14H19NO. The predicted molar refractivity (Wildman–Crippen MR) is 65.6 cm³/mol. The van der Waals surface area contributed by atoms with Crippen molar-refractivity contribution >= 4 is 6.29 Å². The molecule has 0 aliphatic carbocycles. The Bertz CT molecular complexity index is 344. The van der Waals surface area contributed by atoms with Crippen molar-refractivity contribution in [3.63, 3.8) is 0 Å². The number of piperidine rings is 1. The highest BCUT2D eigenvalue weighted by Crippen LogP contribution is 2.19. The smallest absolute Gasteiger partial charge is 0.150 e. The minimum atomic E-state index is 0.694. The van der Waals surface area contributed by atoms with E-state index in [0.717, 1.165) is 18.4 Å². The van der Waals surface area contributed by atoms with Crippen molar-refractivity contribution in [1.82, 2.24) is 4.90 Å². The molecule has 1 heterocycles. The van der Waals surface area contributed by atoms with Crippen LogP contribution in [-0.4, -0.2) is 23.8 Å². The molecule has 1 aromatic carbocycles. The maximum Gasteiger partial charge on any atom is 0.150 e. The van der Waals surface area contributed by atoms with E-state index in [2.05, 4.69) is 24.0 Å². The molecule has 2 rings (SSSR count). The number of nitrogens with zero attached hydrogens (tertiary/aromatic N) is 1. The first-order valence-electron chi connectivity index (χ1n) is 6.08. The molecule has 0 bridgehead atoms. The molecule has 0 N–H and O–H groups in total. The van der Waals surface area contributed by atoms with E-state index >= 15 is 0 Å². The average Bonchev–Trinajstić information content (AvgIpc) is 2.33. The summed E-state index contributed by atoms with van der Waals surface area (Å²) in [5.74, 6) is 0. The van der Waals surface area contributed by atoms with E-state index in [9.17, 15) is 4.79 Å². The van der Waals surface area contributed by atoms with Crippen LogP contribution in [0.1, 0.15) is 42.1 Å². The molecule has 2 heteroatoms. The number of likely N-dealkylation sites (tertiary alicyclic amines) is 1. The van der Waals surface area contributed by atoms with E-state index in [0.29, 0.717) is 6.04 Å². The van der Waals surface area contributed by atoms with Gasteiger partial charge in [0.2, 0.25) is 0 Å². The van der Waals surface area contributed by atoms with E-state index < -0.39 is 0 Å². The highest BCUT2D eigenvalue weighted by Gasteiger charge is 2.17. The molecule has 1 saturated heterocycles. The lowest BCUT2D eigenvalue weighted by Gasteiger charge is -2.33. The largest absolute Gasteiger partial charge is 0.298 e. The minimum Gasteiger partial charge on any atom is -0.298 e. The van der Waals surface area contributed by atoms with Gasteiger partial charge in [-0.3, -0.25) is 9.69 Å². The Kier molecular flexibility index (Phi) is 3.73. The first kappa shape index (κ1) is 11.3. The standard InChI is InChI=1S/C14H19NO/c1-12-4-2-3-9-15(12)10-13-5-7-14(11-16)8-6-13/h5-8,11-12H,2-4,9-10H2,1H3. The van der Waals surface area contributed by atoms with Crippen molar-refractivity contribution in [2.45, 2.75) is 38.8 Å². The summed E-state index contributed by atoms with van der Waals surface area (Å²) in [6.45, 7) is 4.52. The fraction of sp³-hybridized carbons (Fsp3) is 0.500. The van der Waals surface area contributed by atoms with E-state index in [1.807, 2.05) is 12.1 Å². The lowest BCUT2D eigenvalue weighted by Crippen LogP contribution is -2.36. The molecule has 0 aromatic heterocycles. The van der Waals surface area contributed by atoms with Crippen LogP contribution in [0.15, 0.2) is 24.3 Å². The third kappa shape index (κ3) is 2.70. The molecule has 16 heavy (non-hydrogen) atoms. The van der Waals surface area contributed by atoms with Gasteiger partial charge >= 0.3 is 0 Å². The van der Waals surface area contributed by atoms with Crippen LogP contribution in [0.2, 0.25) is 0 Å². The van der Waals surface area contributed by atoms with Crippen molar-refractivity contribution in [3.8, 4) is 0 Å². The molecule has 0 saturated carbocycles. The second kappa shape index (κ2) is 5.26. The van der Waals surface area contributed by atoms with Gasteiger partial charge in [-0.1, -0.05) is 30.7 Å². The Morgan fingerprint density at radius 3 is 2.69 bits per heavy atom. The zero-order valence-electron chi connectivity index (χ0n) is 9.86. The zero-order chi connectivity index (χ0) is 11.4. The molecule has 86 valence electrons. The van der Waals surface area contributed by atoms with Crippen LogP contribution >= 0.6 is 0 Å². The molecule has 0 amide bonds. The quantitative estimate of drug-likeness (QED) is 0.726. The molecule has 1 unspecified atom stereocenters. The molecule has 1 aromatic rings. The Balaban J connectivity index is 1.99. The van der Waals surface area contributed by atoms with Gasteiger partial charge in [0.1, 0.15) is 6.29 Å². The van der Waals surface area contributed by atoms with Crippen molar-refractivity contribution in [2.75, 3.05) is 6.54 Å². The molecule has 2 nitrogen and oxygen atoms in total. The van der Waals surface area contributed by atoms with Gasteiger partial charge in [-0.2, -0.15) is 0 Å². The van der Waals surface area contributed by atoms with Crippen LogP contribution < -0.4 is 0 Å². The van der Waals surface area contributed by atoms with Gasteiger partial charge in [0.25, 0.3) is 0 Å². The summed E-state index contributed by atoms with van der Waals surface area (Å²) in [6.07, 6.45) is 4.89. The number of hydrogen-bond donors (Lipinski definition) is 0. The Morgan fingerprint density at radius 2 is 2.06 bits per heavy atom. The third-order valence-electron chi connectivity index (χ3n) is 3.44. The minimum absolute atomic E-state index is 0.694. The molecule has 1 aliphatic heterocycles. The second-order valence-corrected chi connectivity index (χ2v) is 4.67. The number of rotatable bonds is 3. The first-order valence-corrected chi connectivity index (χ1v) is 6.08. The van der Waals surface area contributed by atoms with Crippen LogP contribution in [0.5, 0.6) is 0 Å². The number of hydrogen-bond acceptors (Lipinski definition) is 2. The predicted octanol–water partition coefficient (Wildman–Crippen LogP) is 2.87. The van der Waals surface area contributed by atoms with Crippen molar-refractivity contribution in [1.29, 1.82) is 0 Å². The van der Waals surface area contributed by atoms with E-state index in [1.54, 1.807) is 0 Å². The molecule has 1 aliphatic rings. The summed E-state index contributed by atoms with van der Waals surface area (Å²) in [7, 11) is 0. The fourth-order valence-corrected chi connectivity index (χ4v) is 2.33. The summed E-state index contributed by atoms with van der Waals surface area (Å²) < 4.78 is 0. The Labute approximate surface area is 97.3 Å². The highest BCUT2D eigenvalue weighted by atomic mass is 16.1. The van der Waals surface area contributed by atoms with Gasteiger partial charge in [-0.05, 0) is 31.9 Å². The second-order valence-electron chi connectivity index (χ2n) is 4.67. The molecule has 0 radical (unpaired) electrons. The van der Waals surface area contributed by atoms with Crippen molar-refractivity contribution in [2.24, 2.45) is 0 Å². The maximum absolute atomic E-state index is 10.5. The SMILES string of the molecule is CC1CCCCN1Cc1ccc(C=O)cc1. The fourth-order valence-electron chi connectivity index (χ4n) is 2.33. The maximum atomic E-state index is 10.5. The highest BCUT2D eigenvalue weighted by molar-refractivity contribution is 5.74. The molecular weight excluding hydrogens is 198 g/mol. The summed E-state index contributed by atoms with van der Waals surface area (Å²) in [4.78, 5) is 13.1. The van der Waals surface area contributed by atoms with E-state index in [-0.39, 0.29) is 0 Å². The molecule has 0 spiro atoms. The van der Waals surface area contributed by atoms with Crippen molar-refractivity contribution in [3.05, 3.63) is 35.4 Å². The van der Waals surface area contributed by atoms with Gasteiger partial charge < -0.3 is 0 Å². The lowest BCUT2D eigenvalue weighted by molar-refractivity contribution is 0.112. The van der Waals surface area contributed by atoms with E-state index in [1.165, 1.54) is 31.4 Å². The monoisotopic (exact) mass is 217 g/mol. The van der Waals surface area contributed by atoms with Crippen molar-refractivity contribution < 1.29 is 4.79 Å². The van der Waals surface area contributed by atoms with Crippen LogP contribution in [0.4, 0.5) is 0 Å². The molecule has 1 fully saturated rings. The lowest BCUT2D eigenvalue weighted by atomic mass is 10.0. The number of carbonyl (C=O) groups is 1. The van der Waals surface area contributed by atoms with Crippen LogP contribution in [-0.2, 0) is 6.54 Å². The van der Waals surface area contributed by atoms with Gasteiger partial charge in [0.15, 0.2) is 0 Å². The summed E-state index contributed by atoms with van der Waals surface area (Å²) in [6, 6.07) is 8.61. The van der Waals surface area contributed by atoms with Crippen LogP contribution in [0.3, 0.4) is 0 Å². The Morgan fingerprint density at radius 1 is 1.31 bits per heavy atom. The average molecular weight is 217 g/mol. The normalized spacial score (nSPS) is 21.9. The number of benzene rings is 1. The summed E-state index contributed by atoms with van der Waals surface area (Å²) in [5, 5.41) is 0. The zero-order valence-corrected chi connectivity index (χ0v) is 9.86. The number of aldehydes is 1. The first-order chi connectivity index (χ1) is 7.79. The number of carbonyl (C=O) groups excluding carboxylic acids is 1. The third-order valence-corrected chi connectivity index (χ3v) is 3.44. The van der Waals surface area contributed by atoms with Gasteiger partial charge in [0, 0.05) is 18.2 Å². The van der Waals surface area contributed by atoms with Gasteiger partial charge in [-0.15, -0.1) is 0 Å². The summed E-state index contributed by atoms with van der Waals surface area (Å²) in [5.41, 5.74) is 2.06. The molecule has 1 atom stereocenters. The van der Waals surface area contributed by atoms with Crippen LogP contribution in [0, 0.1) is 0 Å². The van der Waals surface area contributed by atoms with E-state index in [4.69, 9.17) is 0 Å².